The highest BCUT2D eigenvalue weighted by Gasteiger charge is 2.17. The molecule has 3 aromatic rings. The van der Waals surface area contributed by atoms with Crippen molar-refractivity contribution in [1.82, 2.24) is 9.97 Å². The number of anilines is 1. The number of para-hydroxylation sites is 1. The molecule has 3 rings (SSSR count). The molecule has 1 N–H and O–H groups in total. The van der Waals surface area contributed by atoms with Crippen LogP contribution in [0, 0.1) is 6.92 Å². The highest BCUT2D eigenvalue weighted by atomic mass is 32.2. The monoisotopic (exact) mass is 329 g/mol. The molecule has 7 heteroatoms. The Morgan fingerprint density at radius 3 is 2.61 bits per heavy atom. The third-order valence-corrected chi connectivity index (χ3v) is 4.64. The van der Waals surface area contributed by atoms with Crippen LogP contribution in [0.3, 0.4) is 0 Å². The topological polar surface area (TPSA) is 81.2 Å². The van der Waals surface area contributed by atoms with Crippen molar-refractivity contribution in [2.24, 2.45) is 0 Å². The van der Waals surface area contributed by atoms with E-state index in [0.29, 0.717) is 17.0 Å². The molecule has 2 heterocycles. The van der Waals surface area contributed by atoms with Gasteiger partial charge in [0.25, 0.3) is 10.0 Å². The van der Waals surface area contributed by atoms with Crippen LogP contribution in [0.5, 0.6) is 5.75 Å². The number of methoxy groups -OCH3 is 1. The highest BCUT2D eigenvalue weighted by Crippen LogP contribution is 2.29. The first kappa shape index (κ1) is 15.2. The molecule has 0 atom stereocenters. The summed E-state index contributed by atoms with van der Waals surface area (Å²) >= 11 is 0. The lowest BCUT2D eigenvalue weighted by Crippen LogP contribution is -2.15. The number of rotatable bonds is 4. The first-order chi connectivity index (χ1) is 11.0. The molecule has 0 saturated carbocycles. The quantitative estimate of drug-likeness (QED) is 0.796. The van der Waals surface area contributed by atoms with Gasteiger partial charge in [-0.2, -0.15) is 8.42 Å². The Morgan fingerprint density at radius 1 is 1.09 bits per heavy atom. The Bertz CT molecular complexity index is 954. The van der Waals surface area contributed by atoms with Crippen LogP contribution in [0.1, 0.15) is 5.56 Å². The van der Waals surface area contributed by atoms with Gasteiger partial charge in [-0.05, 0) is 36.8 Å². The van der Waals surface area contributed by atoms with E-state index in [1.807, 2.05) is 13.0 Å². The number of hydrogen-bond acceptors (Lipinski definition) is 5. The van der Waals surface area contributed by atoms with Crippen LogP contribution in [0.2, 0.25) is 0 Å². The molecule has 0 aliphatic rings. The van der Waals surface area contributed by atoms with Crippen molar-refractivity contribution in [2.75, 3.05) is 11.8 Å². The lowest BCUT2D eigenvalue weighted by atomic mass is 10.2. The number of aryl methyl sites for hydroxylation is 1. The fourth-order valence-corrected chi connectivity index (χ4v) is 3.22. The van der Waals surface area contributed by atoms with Gasteiger partial charge in [-0.25, -0.2) is 4.98 Å². The van der Waals surface area contributed by atoms with Gasteiger partial charge in [0.05, 0.1) is 18.3 Å². The number of ether oxygens (including phenoxy) is 1. The van der Waals surface area contributed by atoms with Crippen molar-refractivity contribution in [3.8, 4) is 5.75 Å². The Hall–Kier alpha value is -2.67. The number of nitrogens with zero attached hydrogens (tertiary/aromatic N) is 2. The average molecular weight is 329 g/mol. The lowest BCUT2D eigenvalue weighted by molar-refractivity contribution is 0.419. The normalized spacial score (nSPS) is 11.4. The summed E-state index contributed by atoms with van der Waals surface area (Å²) in [5.74, 6) is 0.629. The molecule has 0 aliphatic carbocycles. The molecule has 0 fully saturated rings. The van der Waals surface area contributed by atoms with Crippen LogP contribution in [-0.4, -0.2) is 25.5 Å². The van der Waals surface area contributed by atoms with E-state index >= 15 is 0 Å². The summed E-state index contributed by atoms with van der Waals surface area (Å²) in [6, 6.07) is 10.1. The maximum Gasteiger partial charge on any atom is 0.279 e. The maximum atomic E-state index is 12.5. The number of benzene rings is 1. The number of fused-ring (bicyclic) bond motifs is 1. The van der Waals surface area contributed by atoms with Crippen LogP contribution in [0.25, 0.3) is 10.9 Å². The number of nitrogens with one attached hydrogen (secondary N) is 1. The van der Waals surface area contributed by atoms with Crippen molar-refractivity contribution in [3.63, 3.8) is 0 Å². The fourth-order valence-electron chi connectivity index (χ4n) is 2.22. The van der Waals surface area contributed by atoms with E-state index in [1.54, 1.807) is 37.6 Å². The van der Waals surface area contributed by atoms with E-state index in [1.165, 1.54) is 12.3 Å². The van der Waals surface area contributed by atoms with Gasteiger partial charge in [0.1, 0.15) is 5.75 Å². The van der Waals surface area contributed by atoms with Crippen molar-refractivity contribution < 1.29 is 13.2 Å². The molecule has 6 nitrogen and oxygen atoms in total. The zero-order valence-corrected chi connectivity index (χ0v) is 13.5. The average Bonchev–Trinajstić information content (AvgIpc) is 2.55. The van der Waals surface area contributed by atoms with Gasteiger partial charge in [-0.3, -0.25) is 9.71 Å². The molecule has 0 amide bonds. The Morgan fingerprint density at radius 2 is 1.91 bits per heavy atom. The summed E-state index contributed by atoms with van der Waals surface area (Å²) < 4.78 is 32.8. The maximum absolute atomic E-state index is 12.5. The van der Waals surface area contributed by atoms with Crippen LogP contribution >= 0.6 is 0 Å². The standard InChI is InChI=1S/C16H15N3O3S/c1-11-6-7-15(18-10-11)23(20,21)19-13-5-3-4-12-14(22-2)8-9-17-16(12)13/h3-10,19H,1-2H3. The zero-order chi connectivity index (χ0) is 16.4. The van der Waals surface area contributed by atoms with E-state index < -0.39 is 10.0 Å². The minimum absolute atomic E-state index is 0.0389. The van der Waals surface area contributed by atoms with Gasteiger partial charge in [-0.1, -0.05) is 12.1 Å². The lowest BCUT2D eigenvalue weighted by Gasteiger charge is -2.11. The summed E-state index contributed by atoms with van der Waals surface area (Å²) in [6.45, 7) is 1.84. The van der Waals surface area contributed by atoms with E-state index in [9.17, 15) is 8.42 Å². The second-order valence-electron chi connectivity index (χ2n) is 4.99. The third-order valence-electron chi connectivity index (χ3n) is 3.35. The van der Waals surface area contributed by atoms with Gasteiger partial charge in [0.2, 0.25) is 0 Å². The largest absolute Gasteiger partial charge is 0.496 e. The number of sulfonamides is 1. The van der Waals surface area contributed by atoms with Crippen LogP contribution < -0.4 is 9.46 Å². The number of pyridine rings is 2. The Kier molecular flexibility index (Phi) is 3.87. The predicted octanol–water partition coefficient (Wildman–Crippen LogP) is 2.75. The first-order valence-electron chi connectivity index (χ1n) is 6.88. The van der Waals surface area contributed by atoms with Crippen molar-refractivity contribution in [3.05, 3.63) is 54.4 Å². The Balaban J connectivity index is 2.06. The SMILES string of the molecule is COc1ccnc2c(NS(=O)(=O)c3ccc(C)cn3)cccc12. The van der Waals surface area contributed by atoms with Gasteiger partial charge >= 0.3 is 0 Å². The molecule has 23 heavy (non-hydrogen) atoms. The minimum atomic E-state index is -3.78. The van der Waals surface area contributed by atoms with E-state index in [0.717, 1.165) is 10.9 Å². The van der Waals surface area contributed by atoms with Gasteiger partial charge in [-0.15, -0.1) is 0 Å². The van der Waals surface area contributed by atoms with Crippen LogP contribution in [-0.2, 0) is 10.0 Å². The molecular formula is C16H15N3O3S. The number of aromatic nitrogens is 2. The summed E-state index contributed by atoms with van der Waals surface area (Å²) in [5, 5.41) is 0.690. The molecular weight excluding hydrogens is 314 g/mol. The molecule has 0 unspecified atom stereocenters. The second kappa shape index (κ2) is 5.85. The molecule has 1 aromatic carbocycles. The van der Waals surface area contributed by atoms with Gasteiger partial charge < -0.3 is 4.74 Å². The third kappa shape index (κ3) is 2.95. The van der Waals surface area contributed by atoms with Crippen molar-refractivity contribution in [2.45, 2.75) is 11.9 Å². The second-order valence-corrected chi connectivity index (χ2v) is 6.62. The zero-order valence-electron chi connectivity index (χ0n) is 12.6. The van der Waals surface area contributed by atoms with E-state index in [-0.39, 0.29) is 5.03 Å². The molecule has 0 radical (unpaired) electrons. The fraction of sp³-hybridized carbons (Fsp3) is 0.125. The summed E-state index contributed by atoms with van der Waals surface area (Å²) in [5.41, 5.74) is 1.78. The highest BCUT2D eigenvalue weighted by molar-refractivity contribution is 7.92. The van der Waals surface area contributed by atoms with E-state index in [2.05, 4.69) is 14.7 Å². The summed E-state index contributed by atoms with van der Waals surface area (Å²) in [6.07, 6.45) is 3.09. The summed E-state index contributed by atoms with van der Waals surface area (Å²) in [4.78, 5) is 8.22. The van der Waals surface area contributed by atoms with Crippen molar-refractivity contribution in [1.29, 1.82) is 0 Å². The molecule has 0 saturated heterocycles. The predicted molar refractivity (Wildman–Crippen MR) is 88.1 cm³/mol. The van der Waals surface area contributed by atoms with Crippen LogP contribution in [0.15, 0.2) is 53.8 Å². The molecule has 2 aromatic heterocycles. The van der Waals surface area contributed by atoms with E-state index in [4.69, 9.17) is 4.74 Å². The molecule has 118 valence electrons. The Labute approximate surface area is 134 Å². The first-order valence-corrected chi connectivity index (χ1v) is 8.37. The molecule has 0 aliphatic heterocycles. The minimum Gasteiger partial charge on any atom is -0.496 e. The van der Waals surface area contributed by atoms with Crippen molar-refractivity contribution >= 4 is 26.6 Å². The number of hydrogen-bond donors (Lipinski definition) is 1. The summed E-state index contributed by atoms with van der Waals surface area (Å²) in [7, 11) is -2.23. The molecule has 0 spiro atoms. The molecule has 0 bridgehead atoms. The van der Waals surface area contributed by atoms with Gasteiger partial charge in [0, 0.05) is 17.8 Å². The smallest absolute Gasteiger partial charge is 0.279 e. The van der Waals surface area contributed by atoms with Crippen LogP contribution in [0.4, 0.5) is 5.69 Å². The van der Waals surface area contributed by atoms with Gasteiger partial charge in [0.15, 0.2) is 5.03 Å².